The van der Waals surface area contributed by atoms with Crippen LogP contribution in [0.4, 0.5) is 0 Å². The molecule has 18 heavy (non-hydrogen) atoms. The summed E-state index contributed by atoms with van der Waals surface area (Å²) in [5, 5.41) is 9.93. The van der Waals surface area contributed by atoms with E-state index in [1.807, 2.05) is 30.3 Å². The average Bonchev–Trinajstić information content (AvgIpc) is 2.36. The maximum absolute atomic E-state index is 11.6. The minimum Gasteiger partial charge on any atom is -0.461 e. The van der Waals surface area contributed by atoms with Gasteiger partial charge in [-0.1, -0.05) is 43.8 Å². The maximum atomic E-state index is 11.6. The normalized spacial score (nSPS) is 14.1. The first-order chi connectivity index (χ1) is 8.43. The minimum absolute atomic E-state index is 0.232. The first kappa shape index (κ1) is 14.5. The molecule has 0 aromatic heterocycles. The second-order valence-electron chi connectivity index (χ2n) is 4.61. The van der Waals surface area contributed by atoms with E-state index in [4.69, 9.17) is 4.74 Å². The zero-order valence-corrected chi connectivity index (χ0v) is 11.1. The average molecular weight is 248 g/mol. The van der Waals surface area contributed by atoms with Crippen molar-refractivity contribution < 1.29 is 14.6 Å². The second-order valence-corrected chi connectivity index (χ2v) is 4.61. The van der Waals surface area contributed by atoms with Gasteiger partial charge >= 0.3 is 5.97 Å². The van der Waals surface area contributed by atoms with Crippen molar-refractivity contribution in [3.8, 4) is 0 Å². The lowest BCUT2D eigenvalue weighted by molar-refractivity contribution is -0.158. The molecule has 0 aliphatic carbocycles. The summed E-state index contributed by atoms with van der Waals surface area (Å²) in [6.45, 7) is 9.21. The Morgan fingerprint density at radius 3 is 2.28 bits per heavy atom. The monoisotopic (exact) mass is 248 g/mol. The van der Waals surface area contributed by atoms with Gasteiger partial charge in [-0.3, -0.25) is 0 Å². The van der Waals surface area contributed by atoms with Crippen LogP contribution >= 0.6 is 0 Å². The summed E-state index contributed by atoms with van der Waals surface area (Å²) in [5.41, 5.74) is 1.64. The molecule has 0 unspecified atom stereocenters. The van der Waals surface area contributed by atoms with Crippen molar-refractivity contribution in [1.82, 2.24) is 0 Å². The highest BCUT2D eigenvalue weighted by Gasteiger charge is 2.27. The Balaban J connectivity index is 2.72. The van der Waals surface area contributed by atoms with Gasteiger partial charge < -0.3 is 9.84 Å². The van der Waals surface area contributed by atoms with Gasteiger partial charge in [-0.05, 0) is 25.0 Å². The Morgan fingerprint density at radius 2 is 1.78 bits per heavy atom. The highest BCUT2D eigenvalue weighted by molar-refractivity contribution is 5.79. The molecule has 0 aliphatic rings. The Kier molecular flexibility index (Phi) is 5.10. The summed E-state index contributed by atoms with van der Waals surface area (Å²) < 4.78 is 4.99. The summed E-state index contributed by atoms with van der Waals surface area (Å²) in [5.74, 6) is -0.978. The van der Waals surface area contributed by atoms with Crippen molar-refractivity contribution in [1.29, 1.82) is 0 Å². The van der Waals surface area contributed by atoms with E-state index >= 15 is 0 Å². The molecule has 1 aromatic carbocycles. The lowest BCUT2D eigenvalue weighted by atomic mass is 9.91. The molecular formula is C15H20O3. The van der Waals surface area contributed by atoms with E-state index in [0.717, 1.165) is 11.1 Å². The van der Waals surface area contributed by atoms with Crippen molar-refractivity contribution in [2.75, 3.05) is 0 Å². The molecule has 3 heteroatoms. The van der Waals surface area contributed by atoms with Crippen LogP contribution in [0, 0.1) is 5.92 Å². The highest BCUT2D eigenvalue weighted by Crippen LogP contribution is 2.24. The minimum atomic E-state index is -1.18. The van der Waals surface area contributed by atoms with Gasteiger partial charge in [-0.2, -0.15) is 0 Å². The first-order valence-electron chi connectivity index (χ1n) is 6.06. The SMILES string of the molecule is C=C(c1ccccc1)[C@@H](C)[C@@H](O)C(=O)OC(C)C. The van der Waals surface area contributed by atoms with Gasteiger partial charge in [-0.15, -0.1) is 0 Å². The van der Waals surface area contributed by atoms with Gasteiger partial charge in [0.05, 0.1) is 6.10 Å². The van der Waals surface area contributed by atoms with E-state index in [9.17, 15) is 9.90 Å². The quantitative estimate of drug-likeness (QED) is 0.815. The molecule has 0 fully saturated rings. The van der Waals surface area contributed by atoms with Crippen molar-refractivity contribution >= 4 is 11.5 Å². The molecule has 1 N–H and O–H groups in total. The Morgan fingerprint density at radius 1 is 1.22 bits per heavy atom. The Bertz CT molecular complexity index is 409. The molecule has 0 saturated carbocycles. The number of ether oxygens (including phenoxy) is 1. The number of carbonyl (C=O) groups is 1. The zero-order chi connectivity index (χ0) is 13.7. The smallest absolute Gasteiger partial charge is 0.335 e. The molecular weight excluding hydrogens is 228 g/mol. The van der Waals surface area contributed by atoms with Crippen LogP contribution in [0.2, 0.25) is 0 Å². The Labute approximate surface area is 108 Å². The number of hydrogen-bond acceptors (Lipinski definition) is 3. The molecule has 1 aromatic rings. The number of esters is 1. The number of aliphatic hydroxyl groups is 1. The molecule has 0 amide bonds. The van der Waals surface area contributed by atoms with E-state index in [1.165, 1.54) is 0 Å². The van der Waals surface area contributed by atoms with Crippen LogP contribution < -0.4 is 0 Å². The predicted molar refractivity (Wildman–Crippen MR) is 71.9 cm³/mol. The number of aliphatic hydroxyl groups excluding tert-OH is 1. The molecule has 0 heterocycles. The van der Waals surface area contributed by atoms with Crippen LogP contribution in [0.3, 0.4) is 0 Å². The van der Waals surface area contributed by atoms with Crippen molar-refractivity contribution in [2.24, 2.45) is 5.92 Å². The summed E-state index contributed by atoms with van der Waals surface area (Å²) in [7, 11) is 0. The van der Waals surface area contributed by atoms with E-state index in [2.05, 4.69) is 6.58 Å². The van der Waals surface area contributed by atoms with Crippen molar-refractivity contribution in [3.63, 3.8) is 0 Å². The van der Waals surface area contributed by atoms with Gasteiger partial charge in [-0.25, -0.2) is 4.79 Å². The molecule has 3 nitrogen and oxygen atoms in total. The third-order valence-electron chi connectivity index (χ3n) is 2.76. The fraction of sp³-hybridized carbons (Fsp3) is 0.400. The second kappa shape index (κ2) is 6.36. The van der Waals surface area contributed by atoms with Crippen LogP contribution in [0.1, 0.15) is 26.3 Å². The largest absolute Gasteiger partial charge is 0.461 e. The fourth-order valence-corrected chi connectivity index (χ4v) is 1.61. The standard InChI is InChI=1S/C15H20O3/c1-10(2)18-15(17)14(16)12(4)11(3)13-8-6-5-7-9-13/h5-10,12,14,16H,3H2,1-2,4H3/t12-,14-/m1/s1. The van der Waals surface area contributed by atoms with E-state index in [0.29, 0.717) is 0 Å². The van der Waals surface area contributed by atoms with Crippen LogP contribution in [-0.2, 0) is 9.53 Å². The van der Waals surface area contributed by atoms with Gasteiger partial charge in [0.2, 0.25) is 0 Å². The first-order valence-corrected chi connectivity index (χ1v) is 6.06. The molecule has 0 spiro atoms. The van der Waals surface area contributed by atoms with Gasteiger partial charge in [0.15, 0.2) is 6.10 Å². The number of carbonyl (C=O) groups excluding carboxylic acids is 1. The summed E-state index contributed by atoms with van der Waals surface area (Å²) in [6, 6.07) is 9.50. The fourth-order valence-electron chi connectivity index (χ4n) is 1.61. The maximum Gasteiger partial charge on any atom is 0.335 e. The van der Waals surface area contributed by atoms with Crippen LogP contribution in [0.25, 0.3) is 5.57 Å². The zero-order valence-electron chi connectivity index (χ0n) is 11.1. The number of rotatable bonds is 5. The Hall–Kier alpha value is -1.61. The van der Waals surface area contributed by atoms with E-state index in [-0.39, 0.29) is 12.0 Å². The lowest BCUT2D eigenvalue weighted by Crippen LogP contribution is -2.32. The molecule has 0 radical (unpaired) electrons. The van der Waals surface area contributed by atoms with Crippen LogP contribution in [0.5, 0.6) is 0 Å². The predicted octanol–water partition coefficient (Wildman–Crippen LogP) is 2.65. The molecule has 0 aliphatic heterocycles. The van der Waals surface area contributed by atoms with Gasteiger partial charge in [0.25, 0.3) is 0 Å². The lowest BCUT2D eigenvalue weighted by Gasteiger charge is -2.21. The molecule has 0 bridgehead atoms. The molecule has 0 saturated heterocycles. The third kappa shape index (κ3) is 3.70. The van der Waals surface area contributed by atoms with Gasteiger partial charge in [0.1, 0.15) is 0 Å². The number of hydrogen-bond donors (Lipinski definition) is 1. The number of benzene rings is 1. The molecule has 1 rings (SSSR count). The van der Waals surface area contributed by atoms with E-state index in [1.54, 1.807) is 20.8 Å². The van der Waals surface area contributed by atoms with E-state index < -0.39 is 12.1 Å². The summed E-state index contributed by atoms with van der Waals surface area (Å²) >= 11 is 0. The summed E-state index contributed by atoms with van der Waals surface area (Å²) in [4.78, 5) is 11.6. The highest BCUT2D eigenvalue weighted by atomic mass is 16.6. The van der Waals surface area contributed by atoms with Crippen LogP contribution in [0.15, 0.2) is 36.9 Å². The third-order valence-corrected chi connectivity index (χ3v) is 2.76. The summed E-state index contributed by atoms with van der Waals surface area (Å²) in [6.07, 6.45) is -1.41. The van der Waals surface area contributed by atoms with Crippen molar-refractivity contribution in [3.05, 3.63) is 42.5 Å². The molecule has 2 atom stereocenters. The topological polar surface area (TPSA) is 46.5 Å². The van der Waals surface area contributed by atoms with Crippen LogP contribution in [-0.4, -0.2) is 23.3 Å². The van der Waals surface area contributed by atoms with Crippen molar-refractivity contribution in [2.45, 2.75) is 33.0 Å². The molecule has 98 valence electrons. The van der Waals surface area contributed by atoms with Gasteiger partial charge in [0, 0.05) is 5.92 Å².